The Hall–Kier alpha value is 0.756. The smallest absolute Gasteiger partial charge is 0.748 e. The Bertz CT molecular complexity index is 552. The van der Waals surface area contributed by atoms with Crippen LogP contribution in [-0.2, 0) is 14.9 Å². The molecule has 0 aromatic rings. The van der Waals surface area contributed by atoms with Gasteiger partial charge in [-0.1, -0.05) is 116 Å². The molecule has 0 aliphatic heterocycles. The Morgan fingerprint density at radius 1 is 0.750 bits per heavy atom. The predicted octanol–water partition coefficient (Wildman–Crippen LogP) is 3.59. The monoisotopic (exact) mass is 497 g/mol. The van der Waals surface area contributed by atoms with Crippen LogP contribution in [-0.4, -0.2) is 43.1 Å². The summed E-state index contributed by atoms with van der Waals surface area (Å²) in [7, 11) is -2.77. The van der Waals surface area contributed by atoms with E-state index in [1.807, 2.05) is 6.08 Å². The average Bonchev–Trinajstić information content (AvgIpc) is 2.72. The van der Waals surface area contributed by atoms with E-state index < -0.39 is 15.9 Å². The Morgan fingerprint density at radius 3 is 1.50 bits per heavy atom. The van der Waals surface area contributed by atoms with Crippen molar-refractivity contribution in [3.05, 3.63) is 12.2 Å². The van der Waals surface area contributed by atoms with Gasteiger partial charge in [0.15, 0.2) is 0 Å². The summed E-state index contributed by atoms with van der Waals surface area (Å²) in [6.07, 6.45) is 27.1. The standard InChI is InChI=1S/C25H49NO4S.K/c1-3-4-5-6-7-8-9-10-11-12-13-14-15-16-17-18-19-20-21-22-25(27)26(2)23-24-31(28,29)30;/h21-22H,3-20,23-24H2,1-2H3,(H,28,29,30);/q;+1/p-1/b22-21+;. The first kappa shape index (κ1) is 34.9. The molecular formula is C25H48KNO4S. The predicted molar refractivity (Wildman–Crippen MR) is 130 cm³/mol. The van der Waals surface area contributed by atoms with Gasteiger partial charge in [-0.25, -0.2) is 8.42 Å². The molecular weight excluding hydrogens is 449 g/mol. The zero-order valence-electron chi connectivity index (χ0n) is 21.3. The fourth-order valence-electron chi connectivity index (χ4n) is 3.66. The molecule has 0 aromatic carbocycles. The first-order valence-electron chi connectivity index (χ1n) is 12.7. The van der Waals surface area contributed by atoms with Crippen LogP contribution in [0.3, 0.4) is 0 Å². The molecule has 0 radical (unpaired) electrons. The second-order valence-electron chi connectivity index (χ2n) is 8.87. The Kier molecular flexibility index (Phi) is 27.1. The third-order valence-electron chi connectivity index (χ3n) is 5.79. The number of allylic oxidation sites excluding steroid dienone is 1. The molecule has 0 N–H and O–H groups in total. The summed E-state index contributed by atoms with van der Waals surface area (Å²) in [5.74, 6) is -0.793. The van der Waals surface area contributed by atoms with Crippen molar-refractivity contribution in [1.29, 1.82) is 0 Å². The SMILES string of the molecule is CCCCCCCCCCCCCCCCCCC/C=C/C(=O)N(C)CCS(=O)(=O)[O-].[K+]. The van der Waals surface area contributed by atoms with Gasteiger partial charge in [-0.3, -0.25) is 4.79 Å². The van der Waals surface area contributed by atoms with Crippen LogP contribution in [0.15, 0.2) is 12.2 Å². The molecule has 0 aliphatic carbocycles. The minimum Gasteiger partial charge on any atom is -0.748 e. The van der Waals surface area contributed by atoms with Gasteiger partial charge in [0.1, 0.15) is 0 Å². The zero-order valence-corrected chi connectivity index (χ0v) is 25.2. The number of nitrogens with zero attached hydrogens (tertiary/aromatic N) is 1. The van der Waals surface area contributed by atoms with Crippen LogP contribution in [0.4, 0.5) is 0 Å². The molecule has 0 fully saturated rings. The van der Waals surface area contributed by atoms with Crippen molar-refractivity contribution in [2.24, 2.45) is 0 Å². The van der Waals surface area contributed by atoms with Gasteiger partial charge in [0.2, 0.25) is 5.91 Å². The Balaban J connectivity index is 0. The Morgan fingerprint density at radius 2 is 1.12 bits per heavy atom. The van der Waals surface area contributed by atoms with Crippen molar-refractivity contribution in [3.8, 4) is 0 Å². The van der Waals surface area contributed by atoms with E-state index >= 15 is 0 Å². The first-order chi connectivity index (χ1) is 14.9. The fraction of sp³-hybridized carbons (Fsp3) is 0.880. The van der Waals surface area contributed by atoms with E-state index in [1.165, 1.54) is 121 Å². The van der Waals surface area contributed by atoms with E-state index in [2.05, 4.69) is 6.92 Å². The largest absolute Gasteiger partial charge is 1.00 e. The van der Waals surface area contributed by atoms with Gasteiger partial charge in [-0.15, -0.1) is 0 Å². The summed E-state index contributed by atoms with van der Waals surface area (Å²) in [6, 6.07) is 0. The number of amides is 1. The van der Waals surface area contributed by atoms with Gasteiger partial charge < -0.3 is 9.45 Å². The van der Waals surface area contributed by atoms with E-state index in [1.54, 1.807) is 0 Å². The molecule has 0 bridgehead atoms. The number of carbonyl (C=O) groups excluding carboxylic acids is 1. The normalized spacial score (nSPS) is 11.6. The van der Waals surface area contributed by atoms with Crippen LogP contribution in [0, 0.1) is 0 Å². The van der Waals surface area contributed by atoms with E-state index in [4.69, 9.17) is 0 Å². The molecule has 0 saturated heterocycles. The second kappa shape index (κ2) is 24.9. The number of rotatable bonds is 22. The maximum Gasteiger partial charge on any atom is 1.00 e. The van der Waals surface area contributed by atoms with Crippen LogP contribution >= 0.6 is 0 Å². The van der Waals surface area contributed by atoms with Crippen molar-refractivity contribution in [1.82, 2.24) is 4.90 Å². The van der Waals surface area contributed by atoms with E-state index in [0.717, 1.165) is 12.8 Å². The minimum atomic E-state index is -4.28. The van der Waals surface area contributed by atoms with Crippen molar-refractivity contribution in [3.63, 3.8) is 0 Å². The van der Waals surface area contributed by atoms with Crippen molar-refractivity contribution >= 4 is 16.0 Å². The molecule has 184 valence electrons. The van der Waals surface area contributed by atoms with Crippen LogP contribution in [0.5, 0.6) is 0 Å². The van der Waals surface area contributed by atoms with Crippen molar-refractivity contribution < 1.29 is 69.1 Å². The van der Waals surface area contributed by atoms with E-state index in [-0.39, 0.29) is 63.8 Å². The molecule has 5 nitrogen and oxygen atoms in total. The molecule has 0 aromatic heterocycles. The molecule has 0 aliphatic rings. The third kappa shape index (κ3) is 27.0. The summed E-state index contributed by atoms with van der Waals surface area (Å²) >= 11 is 0. The number of hydrogen-bond acceptors (Lipinski definition) is 4. The molecule has 0 unspecified atom stereocenters. The maximum absolute atomic E-state index is 11.8. The van der Waals surface area contributed by atoms with Gasteiger partial charge in [-0.05, 0) is 18.9 Å². The molecule has 1 amide bonds. The molecule has 0 saturated carbocycles. The van der Waals surface area contributed by atoms with Crippen LogP contribution < -0.4 is 51.4 Å². The van der Waals surface area contributed by atoms with Gasteiger partial charge in [0, 0.05) is 13.6 Å². The first-order valence-corrected chi connectivity index (χ1v) is 14.3. The number of carbonyl (C=O) groups is 1. The van der Waals surface area contributed by atoms with Crippen LogP contribution in [0.2, 0.25) is 0 Å². The minimum absolute atomic E-state index is 0. The van der Waals surface area contributed by atoms with Gasteiger partial charge in [-0.2, -0.15) is 0 Å². The summed E-state index contributed by atoms with van der Waals surface area (Å²) in [4.78, 5) is 13.0. The van der Waals surface area contributed by atoms with E-state index in [9.17, 15) is 17.8 Å². The number of likely N-dealkylation sites (N-methyl/N-ethyl adjacent to an activating group) is 1. The van der Waals surface area contributed by atoms with Gasteiger partial charge in [0.25, 0.3) is 0 Å². The van der Waals surface area contributed by atoms with Gasteiger partial charge >= 0.3 is 51.4 Å². The van der Waals surface area contributed by atoms with Crippen molar-refractivity contribution in [2.45, 2.75) is 122 Å². The average molecular weight is 498 g/mol. The fourth-order valence-corrected chi connectivity index (χ4v) is 4.15. The molecule has 0 heterocycles. The number of unbranched alkanes of at least 4 members (excludes halogenated alkanes) is 17. The second-order valence-corrected chi connectivity index (χ2v) is 10.4. The maximum atomic E-state index is 11.8. The molecule has 0 rings (SSSR count). The summed E-state index contributed by atoms with van der Waals surface area (Å²) in [6.45, 7) is 2.21. The van der Waals surface area contributed by atoms with Crippen LogP contribution in [0.1, 0.15) is 122 Å². The topological polar surface area (TPSA) is 77.5 Å². The summed E-state index contributed by atoms with van der Waals surface area (Å²) in [5.41, 5.74) is 0. The molecule has 0 spiro atoms. The molecule has 32 heavy (non-hydrogen) atoms. The molecule has 7 heteroatoms. The zero-order chi connectivity index (χ0) is 23.2. The van der Waals surface area contributed by atoms with Crippen LogP contribution in [0.25, 0.3) is 0 Å². The quantitative estimate of drug-likeness (QED) is 0.0991. The Labute approximate surface area is 241 Å². The third-order valence-corrected chi connectivity index (χ3v) is 6.47. The molecule has 0 atom stereocenters. The summed E-state index contributed by atoms with van der Waals surface area (Å²) in [5, 5.41) is 0. The number of hydrogen-bond donors (Lipinski definition) is 0. The summed E-state index contributed by atoms with van der Waals surface area (Å²) < 4.78 is 31.8. The van der Waals surface area contributed by atoms with Crippen molar-refractivity contribution in [2.75, 3.05) is 19.3 Å². The van der Waals surface area contributed by atoms with Gasteiger partial charge in [0.05, 0.1) is 15.9 Å². The van der Waals surface area contributed by atoms with E-state index in [0.29, 0.717) is 0 Å².